The van der Waals surface area contributed by atoms with Gasteiger partial charge in [0.2, 0.25) is 11.8 Å². The lowest BCUT2D eigenvalue weighted by Crippen LogP contribution is -2.34. The van der Waals surface area contributed by atoms with Gasteiger partial charge < -0.3 is 0 Å². The van der Waals surface area contributed by atoms with Crippen LogP contribution in [0.2, 0.25) is 0 Å². The van der Waals surface area contributed by atoms with Crippen LogP contribution < -0.4 is 0 Å². The third-order valence-corrected chi connectivity index (χ3v) is 4.33. The highest BCUT2D eigenvalue weighted by atomic mass is 16.2. The van der Waals surface area contributed by atoms with E-state index in [0.29, 0.717) is 25.8 Å². The Morgan fingerprint density at radius 1 is 1.32 bits per heavy atom. The van der Waals surface area contributed by atoms with Gasteiger partial charge in [0.1, 0.15) is 0 Å². The summed E-state index contributed by atoms with van der Waals surface area (Å²) in [6.45, 7) is 6.19. The molecule has 0 radical (unpaired) electrons. The van der Waals surface area contributed by atoms with Gasteiger partial charge in [-0.1, -0.05) is 13.8 Å². The van der Waals surface area contributed by atoms with Gasteiger partial charge in [0.25, 0.3) is 0 Å². The zero-order valence-electron chi connectivity index (χ0n) is 12.1. The minimum atomic E-state index is -0.485. The van der Waals surface area contributed by atoms with Crippen LogP contribution in [0.5, 0.6) is 0 Å². The summed E-state index contributed by atoms with van der Waals surface area (Å²) in [6.07, 6.45) is 1.77. The topological polar surface area (TPSA) is 55.2 Å². The average molecular weight is 263 g/mol. The fourth-order valence-electron chi connectivity index (χ4n) is 2.70. The fraction of sp³-hybridized carbons (Fsp3) is 0.643. The van der Waals surface area contributed by atoms with Gasteiger partial charge in [-0.3, -0.25) is 19.2 Å². The predicted octanol–water partition coefficient (Wildman–Crippen LogP) is 1.79. The van der Waals surface area contributed by atoms with Gasteiger partial charge >= 0.3 is 0 Å². The van der Waals surface area contributed by atoms with Crippen molar-refractivity contribution in [2.45, 2.75) is 46.6 Å². The number of nitrogens with zero attached hydrogens (tertiary/aromatic N) is 3. The minimum Gasteiger partial charge on any atom is -0.276 e. The van der Waals surface area contributed by atoms with Crippen molar-refractivity contribution >= 4 is 11.8 Å². The third-order valence-electron chi connectivity index (χ3n) is 4.33. The number of rotatable bonds is 4. The lowest BCUT2D eigenvalue weighted by molar-refractivity contribution is -0.142. The van der Waals surface area contributed by atoms with Gasteiger partial charge in [0.05, 0.1) is 17.7 Å². The SMILES string of the molecule is CCC1(CC)CC(=O)N(Cc2cc(C)n(C)n2)C1=O. The van der Waals surface area contributed by atoms with Crippen LogP contribution in [0.15, 0.2) is 6.07 Å². The lowest BCUT2D eigenvalue weighted by atomic mass is 9.81. The van der Waals surface area contributed by atoms with E-state index >= 15 is 0 Å². The van der Waals surface area contributed by atoms with E-state index in [-0.39, 0.29) is 11.8 Å². The van der Waals surface area contributed by atoms with Crippen molar-refractivity contribution in [2.75, 3.05) is 0 Å². The highest BCUT2D eigenvalue weighted by molar-refractivity contribution is 6.05. The molecule has 1 saturated heterocycles. The lowest BCUT2D eigenvalue weighted by Gasteiger charge is -2.23. The zero-order valence-corrected chi connectivity index (χ0v) is 12.1. The van der Waals surface area contributed by atoms with Gasteiger partial charge in [-0.05, 0) is 25.8 Å². The van der Waals surface area contributed by atoms with Gasteiger partial charge in [-0.2, -0.15) is 5.10 Å². The summed E-state index contributed by atoms with van der Waals surface area (Å²) in [5, 5.41) is 4.31. The van der Waals surface area contributed by atoms with Crippen LogP contribution in [0.1, 0.15) is 44.5 Å². The van der Waals surface area contributed by atoms with E-state index in [1.165, 1.54) is 4.90 Å². The number of aromatic nitrogens is 2. The Hall–Kier alpha value is -1.65. The number of amides is 2. The monoisotopic (exact) mass is 263 g/mol. The molecule has 1 aromatic rings. The van der Waals surface area contributed by atoms with Crippen molar-refractivity contribution in [1.82, 2.24) is 14.7 Å². The molecule has 19 heavy (non-hydrogen) atoms. The summed E-state index contributed by atoms with van der Waals surface area (Å²) in [6, 6.07) is 1.92. The second-order valence-electron chi connectivity index (χ2n) is 5.35. The maximum absolute atomic E-state index is 12.5. The molecule has 1 aliphatic rings. The summed E-state index contributed by atoms with van der Waals surface area (Å²) < 4.78 is 1.76. The van der Waals surface area contributed by atoms with Gasteiger partial charge in [0.15, 0.2) is 0 Å². The second kappa shape index (κ2) is 4.79. The number of hydrogen-bond acceptors (Lipinski definition) is 3. The predicted molar refractivity (Wildman–Crippen MR) is 71.1 cm³/mol. The van der Waals surface area contributed by atoms with Crippen LogP contribution in [0.4, 0.5) is 0 Å². The van der Waals surface area contributed by atoms with Crippen molar-refractivity contribution in [3.63, 3.8) is 0 Å². The molecule has 104 valence electrons. The molecule has 0 saturated carbocycles. The Kier molecular flexibility index (Phi) is 3.47. The van der Waals surface area contributed by atoms with Crippen molar-refractivity contribution in [3.05, 3.63) is 17.5 Å². The van der Waals surface area contributed by atoms with Crippen LogP contribution in [-0.2, 0) is 23.2 Å². The average Bonchev–Trinajstić information content (AvgIpc) is 2.82. The van der Waals surface area contributed by atoms with Crippen LogP contribution >= 0.6 is 0 Å². The molecule has 2 amide bonds. The Bertz CT molecular complexity index is 495. The molecule has 1 fully saturated rings. The molecule has 5 nitrogen and oxygen atoms in total. The van der Waals surface area contributed by atoms with Gasteiger partial charge in [0, 0.05) is 19.2 Å². The summed E-state index contributed by atoms with van der Waals surface area (Å²) in [7, 11) is 1.86. The minimum absolute atomic E-state index is 0.0363. The summed E-state index contributed by atoms with van der Waals surface area (Å²) in [5.41, 5.74) is 1.30. The Balaban J connectivity index is 2.21. The molecule has 2 heterocycles. The van der Waals surface area contributed by atoms with Gasteiger partial charge in [-0.15, -0.1) is 0 Å². The largest absolute Gasteiger partial charge is 0.276 e. The first-order chi connectivity index (χ1) is 8.93. The van der Waals surface area contributed by atoms with Crippen LogP contribution in [0.3, 0.4) is 0 Å². The molecular weight excluding hydrogens is 242 g/mol. The summed E-state index contributed by atoms with van der Waals surface area (Å²) >= 11 is 0. The van der Waals surface area contributed by atoms with Gasteiger partial charge in [-0.25, -0.2) is 0 Å². The summed E-state index contributed by atoms with van der Waals surface area (Å²) in [5.74, 6) is -0.109. The Morgan fingerprint density at radius 2 is 1.95 bits per heavy atom. The van der Waals surface area contributed by atoms with Crippen LogP contribution in [0, 0.1) is 12.3 Å². The molecule has 2 rings (SSSR count). The van der Waals surface area contributed by atoms with Crippen molar-refractivity contribution in [3.8, 4) is 0 Å². The Morgan fingerprint density at radius 3 is 2.37 bits per heavy atom. The maximum atomic E-state index is 12.5. The number of likely N-dealkylation sites (tertiary alicyclic amines) is 1. The molecule has 0 bridgehead atoms. The smallest absolute Gasteiger partial charge is 0.236 e. The number of carbonyl (C=O) groups excluding carboxylic acids is 2. The van der Waals surface area contributed by atoms with E-state index in [0.717, 1.165) is 11.4 Å². The molecule has 0 N–H and O–H groups in total. The molecule has 5 heteroatoms. The van der Waals surface area contributed by atoms with E-state index in [2.05, 4.69) is 5.10 Å². The highest BCUT2D eigenvalue weighted by Gasteiger charge is 2.48. The maximum Gasteiger partial charge on any atom is 0.236 e. The van der Waals surface area contributed by atoms with Crippen molar-refractivity contribution in [1.29, 1.82) is 0 Å². The quantitative estimate of drug-likeness (QED) is 0.778. The molecule has 1 aromatic heterocycles. The number of imide groups is 1. The van der Waals surface area contributed by atoms with E-state index in [9.17, 15) is 9.59 Å². The molecular formula is C14H21N3O2. The van der Waals surface area contributed by atoms with E-state index in [4.69, 9.17) is 0 Å². The zero-order chi connectivity index (χ0) is 14.2. The number of aryl methyl sites for hydroxylation is 2. The van der Waals surface area contributed by atoms with Crippen molar-refractivity contribution in [2.24, 2.45) is 12.5 Å². The molecule has 0 unspecified atom stereocenters. The first kappa shape index (κ1) is 13.8. The fourth-order valence-corrected chi connectivity index (χ4v) is 2.70. The molecule has 1 aliphatic heterocycles. The number of hydrogen-bond donors (Lipinski definition) is 0. The first-order valence-corrected chi connectivity index (χ1v) is 6.78. The van der Waals surface area contributed by atoms with E-state index < -0.39 is 5.41 Å². The van der Waals surface area contributed by atoms with Crippen LogP contribution in [0.25, 0.3) is 0 Å². The molecule has 0 aliphatic carbocycles. The normalized spacial score (nSPS) is 18.4. The summed E-state index contributed by atoms with van der Waals surface area (Å²) in [4.78, 5) is 25.9. The van der Waals surface area contributed by atoms with Crippen LogP contribution in [-0.4, -0.2) is 26.5 Å². The number of carbonyl (C=O) groups is 2. The van der Waals surface area contributed by atoms with Crippen molar-refractivity contribution < 1.29 is 9.59 Å². The highest BCUT2D eigenvalue weighted by Crippen LogP contribution is 2.39. The molecule has 0 aromatic carbocycles. The van der Waals surface area contributed by atoms with E-state index in [1.54, 1.807) is 4.68 Å². The Labute approximate surface area is 113 Å². The second-order valence-corrected chi connectivity index (χ2v) is 5.35. The van der Waals surface area contributed by atoms with E-state index in [1.807, 2.05) is 33.9 Å². The third kappa shape index (κ3) is 2.17. The standard InChI is InChI=1S/C14H21N3O2/c1-5-14(6-2)8-12(18)17(13(14)19)9-11-7-10(3)16(4)15-11/h7H,5-6,8-9H2,1-4H3. The molecule has 0 spiro atoms. The molecule has 0 atom stereocenters. The first-order valence-electron chi connectivity index (χ1n) is 6.78.